The highest BCUT2D eigenvalue weighted by Gasteiger charge is 2.26. The zero-order valence-electron chi connectivity index (χ0n) is 14.5. The fourth-order valence-corrected chi connectivity index (χ4v) is 2.79. The standard InChI is InChI=1S/C20H23ClN2O2/c1-3-22-20(25)15(2)23(14-16-9-5-4-6-10-16)19(24)13-17-11-7-8-12-18(17)21/h4-12,15H,3,13-14H2,1-2H3,(H,22,25)/t15-/m1/s1. The van der Waals surface area contributed by atoms with E-state index in [0.717, 1.165) is 11.1 Å². The van der Waals surface area contributed by atoms with E-state index in [4.69, 9.17) is 11.6 Å². The second kappa shape index (κ2) is 9.23. The molecule has 0 heterocycles. The molecule has 0 fully saturated rings. The van der Waals surface area contributed by atoms with Gasteiger partial charge in [0.1, 0.15) is 6.04 Å². The van der Waals surface area contributed by atoms with Gasteiger partial charge in [0, 0.05) is 18.1 Å². The van der Waals surface area contributed by atoms with Crippen LogP contribution in [0.15, 0.2) is 54.6 Å². The lowest BCUT2D eigenvalue weighted by Crippen LogP contribution is -2.48. The first-order valence-corrected chi connectivity index (χ1v) is 8.75. The van der Waals surface area contributed by atoms with Gasteiger partial charge in [-0.15, -0.1) is 0 Å². The Hall–Kier alpha value is -2.33. The van der Waals surface area contributed by atoms with Crippen molar-refractivity contribution < 1.29 is 9.59 Å². The van der Waals surface area contributed by atoms with E-state index in [1.165, 1.54) is 0 Å². The monoisotopic (exact) mass is 358 g/mol. The molecule has 0 aromatic heterocycles. The van der Waals surface area contributed by atoms with Crippen LogP contribution >= 0.6 is 11.6 Å². The largest absolute Gasteiger partial charge is 0.355 e. The van der Waals surface area contributed by atoms with E-state index in [2.05, 4.69) is 5.32 Å². The number of carbonyl (C=O) groups excluding carboxylic acids is 2. The molecular weight excluding hydrogens is 336 g/mol. The average Bonchev–Trinajstić information content (AvgIpc) is 2.62. The summed E-state index contributed by atoms with van der Waals surface area (Å²) in [6.07, 6.45) is 0.163. The lowest BCUT2D eigenvalue weighted by atomic mass is 10.1. The third kappa shape index (κ3) is 5.33. The number of likely N-dealkylation sites (N-methyl/N-ethyl adjacent to an activating group) is 1. The summed E-state index contributed by atoms with van der Waals surface area (Å²) in [6, 6.07) is 16.4. The predicted octanol–water partition coefficient (Wildman–Crippen LogP) is 3.44. The number of halogens is 1. The first-order valence-electron chi connectivity index (χ1n) is 8.37. The van der Waals surface area contributed by atoms with Crippen LogP contribution in [0.25, 0.3) is 0 Å². The molecule has 0 spiro atoms. The van der Waals surface area contributed by atoms with E-state index in [0.29, 0.717) is 18.1 Å². The van der Waals surface area contributed by atoms with Gasteiger partial charge in [0.05, 0.1) is 6.42 Å². The molecular formula is C20H23ClN2O2. The molecule has 4 nitrogen and oxygen atoms in total. The van der Waals surface area contributed by atoms with Crippen molar-refractivity contribution in [2.75, 3.05) is 6.54 Å². The third-order valence-electron chi connectivity index (χ3n) is 4.01. The van der Waals surface area contributed by atoms with Crippen LogP contribution in [0.5, 0.6) is 0 Å². The predicted molar refractivity (Wildman–Crippen MR) is 100 cm³/mol. The molecule has 0 aliphatic heterocycles. The van der Waals surface area contributed by atoms with Gasteiger partial charge in [-0.3, -0.25) is 9.59 Å². The molecule has 0 unspecified atom stereocenters. The Labute approximate surface area is 153 Å². The Morgan fingerprint density at radius 2 is 1.72 bits per heavy atom. The minimum atomic E-state index is -0.560. The van der Waals surface area contributed by atoms with Crippen molar-refractivity contribution in [2.24, 2.45) is 0 Å². The molecule has 0 radical (unpaired) electrons. The van der Waals surface area contributed by atoms with Crippen molar-refractivity contribution in [1.82, 2.24) is 10.2 Å². The van der Waals surface area contributed by atoms with Crippen LogP contribution in [-0.2, 0) is 22.6 Å². The third-order valence-corrected chi connectivity index (χ3v) is 4.38. The van der Waals surface area contributed by atoms with Gasteiger partial charge in [0.2, 0.25) is 11.8 Å². The number of hydrogen-bond donors (Lipinski definition) is 1. The van der Waals surface area contributed by atoms with Crippen LogP contribution in [0, 0.1) is 0 Å². The highest BCUT2D eigenvalue weighted by Crippen LogP contribution is 2.18. The van der Waals surface area contributed by atoms with Crippen molar-refractivity contribution in [3.63, 3.8) is 0 Å². The van der Waals surface area contributed by atoms with Crippen molar-refractivity contribution in [3.05, 3.63) is 70.7 Å². The molecule has 0 aliphatic rings. The molecule has 2 aromatic rings. The van der Waals surface area contributed by atoms with Crippen LogP contribution in [-0.4, -0.2) is 29.3 Å². The molecule has 2 amide bonds. The first kappa shape index (κ1) is 19.0. The number of benzene rings is 2. The summed E-state index contributed by atoms with van der Waals surface area (Å²) in [6.45, 7) is 4.51. The molecule has 0 bridgehead atoms. The Kier molecular flexibility index (Phi) is 7.02. The van der Waals surface area contributed by atoms with Crippen molar-refractivity contribution in [3.8, 4) is 0 Å². The summed E-state index contributed by atoms with van der Waals surface area (Å²) in [7, 11) is 0. The average molecular weight is 359 g/mol. The summed E-state index contributed by atoms with van der Waals surface area (Å²) >= 11 is 6.18. The second-order valence-corrected chi connectivity index (χ2v) is 6.25. The van der Waals surface area contributed by atoms with Gasteiger partial charge in [0.15, 0.2) is 0 Å². The summed E-state index contributed by atoms with van der Waals surface area (Å²) < 4.78 is 0. The van der Waals surface area contributed by atoms with Gasteiger partial charge in [-0.25, -0.2) is 0 Å². The smallest absolute Gasteiger partial charge is 0.242 e. The molecule has 1 N–H and O–H groups in total. The van der Waals surface area contributed by atoms with E-state index < -0.39 is 6.04 Å². The molecule has 5 heteroatoms. The number of rotatable bonds is 7. The van der Waals surface area contributed by atoms with Crippen LogP contribution in [0.4, 0.5) is 0 Å². The number of amides is 2. The summed E-state index contributed by atoms with van der Waals surface area (Å²) in [4.78, 5) is 26.8. The SMILES string of the molecule is CCNC(=O)[C@@H](C)N(Cc1ccccc1)C(=O)Cc1ccccc1Cl. The molecule has 0 aliphatic carbocycles. The van der Waals surface area contributed by atoms with Gasteiger partial charge in [-0.05, 0) is 31.0 Å². The minimum Gasteiger partial charge on any atom is -0.355 e. The molecule has 0 saturated carbocycles. The van der Waals surface area contributed by atoms with E-state index in [-0.39, 0.29) is 18.2 Å². The van der Waals surface area contributed by atoms with E-state index in [1.54, 1.807) is 17.9 Å². The highest BCUT2D eigenvalue weighted by molar-refractivity contribution is 6.31. The molecule has 2 aromatic carbocycles. The normalized spacial score (nSPS) is 11.6. The molecule has 0 saturated heterocycles. The number of nitrogens with one attached hydrogen (secondary N) is 1. The van der Waals surface area contributed by atoms with Gasteiger partial charge in [0.25, 0.3) is 0 Å². The van der Waals surface area contributed by atoms with E-state index >= 15 is 0 Å². The zero-order chi connectivity index (χ0) is 18.2. The zero-order valence-corrected chi connectivity index (χ0v) is 15.3. The maximum Gasteiger partial charge on any atom is 0.242 e. The van der Waals surface area contributed by atoms with Crippen molar-refractivity contribution >= 4 is 23.4 Å². The first-order chi connectivity index (χ1) is 12.0. The van der Waals surface area contributed by atoms with E-state index in [1.807, 2.05) is 55.5 Å². The lowest BCUT2D eigenvalue weighted by molar-refractivity contribution is -0.140. The highest BCUT2D eigenvalue weighted by atomic mass is 35.5. The van der Waals surface area contributed by atoms with Gasteiger partial charge in [-0.2, -0.15) is 0 Å². The molecule has 25 heavy (non-hydrogen) atoms. The quantitative estimate of drug-likeness (QED) is 0.824. The van der Waals surface area contributed by atoms with Crippen LogP contribution in [0.2, 0.25) is 5.02 Å². The summed E-state index contributed by atoms with van der Waals surface area (Å²) in [5.74, 6) is -0.290. The maximum atomic E-state index is 12.9. The van der Waals surface area contributed by atoms with Crippen LogP contribution in [0.1, 0.15) is 25.0 Å². The maximum absolute atomic E-state index is 12.9. The van der Waals surface area contributed by atoms with Crippen molar-refractivity contribution in [2.45, 2.75) is 32.9 Å². The van der Waals surface area contributed by atoms with E-state index in [9.17, 15) is 9.59 Å². The van der Waals surface area contributed by atoms with Gasteiger partial charge < -0.3 is 10.2 Å². The Bertz CT molecular complexity index is 719. The Morgan fingerprint density at radius 3 is 2.36 bits per heavy atom. The van der Waals surface area contributed by atoms with Crippen LogP contribution in [0.3, 0.4) is 0 Å². The molecule has 2 rings (SSSR count). The van der Waals surface area contributed by atoms with Gasteiger partial charge >= 0.3 is 0 Å². The van der Waals surface area contributed by atoms with Gasteiger partial charge in [-0.1, -0.05) is 60.1 Å². The fraction of sp³-hybridized carbons (Fsp3) is 0.300. The second-order valence-electron chi connectivity index (χ2n) is 5.85. The number of nitrogens with zero attached hydrogens (tertiary/aromatic N) is 1. The molecule has 132 valence electrons. The summed E-state index contributed by atoms with van der Waals surface area (Å²) in [5.41, 5.74) is 1.74. The Balaban J connectivity index is 2.22. The lowest BCUT2D eigenvalue weighted by Gasteiger charge is -2.29. The number of carbonyl (C=O) groups is 2. The fourth-order valence-electron chi connectivity index (χ4n) is 2.59. The molecule has 1 atom stereocenters. The van der Waals surface area contributed by atoms with Crippen LogP contribution < -0.4 is 5.32 Å². The Morgan fingerprint density at radius 1 is 1.08 bits per heavy atom. The number of hydrogen-bond acceptors (Lipinski definition) is 2. The topological polar surface area (TPSA) is 49.4 Å². The minimum absolute atomic E-state index is 0.129. The van der Waals surface area contributed by atoms with Crippen molar-refractivity contribution in [1.29, 1.82) is 0 Å². The summed E-state index contributed by atoms with van der Waals surface area (Å²) in [5, 5.41) is 3.34.